The van der Waals surface area contributed by atoms with Crippen LogP contribution in [0, 0.1) is 0 Å². The molecule has 0 aromatic rings. The molecule has 1 amide bonds. The summed E-state index contributed by atoms with van der Waals surface area (Å²) in [5, 5.41) is 3.26. The highest BCUT2D eigenvalue weighted by molar-refractivity contribution is 5.77. The zero-order valence-electron chi connectivity index (χ0n) is 18.6. The van der Waals surface area contributed by atoms with E-state index in [1.54, 1.807) is 14.0 Å². The Labute approximate surface area is 174 Å². The van der Waals surface area contributed by atoms with Gasteiger partial charge in [0.25, 0.3) is 0 Å². The van der Waals surface area contributed by atoms with Gasteiger partial charge >= 0.3 is 11.9 Å². The maximum Gasteiger partial charge on any atom is 0.320 e. The molecule has 8 nitrogen and oxygen atoms in total. The molecule has 0 unspecified atom stereocenters. The third-order valence-electron chi connectivity index (χ3n) is 4.68. The van der Waals surface area contributed by atoms with E-state index in [4.69, 9.17) is 14.2 Å². The SMILES string of the molecule is CCOC(=O)CCN(C)C(=O)CCOC1CCC(NCC(=O)OC(C)(C)C)CC1. The van der Waals surface area contributed by atoms with Crippen molar-refractivity contribution in [3.63, 3.8) is 0 Å². The number of esters is 2. The molecule has 0 atom stereocenters. The third kappa shape index (κ3) is 11.8. The van der Waals surface area contributed by atoms with Gasteiger partial charge in [0.05, 0.1) is 38.7 Å². The Kier molecular flexibility index (Phi) is 11.2. The number of rotatable bonds is 11. The molecule has 1 N–H and O–H groups in total. The zero-order valence-corrected chi connectivity index (χ0v) is 18.6. The predicted molar refractivity (Wildman–Crippen MR) is 109 cm³/mol. The van der Waals surface area contributed by atoms with Gasteiger partial charge in [0, 0.05) is 19.6 Å². The number of amides is 1. The highest BCUT2D eigenvalue weighted by Crippen LogP contribution is 2.21. The van der Waals surface area contributed by atoms with E-state index in [1.165, 1.54) is 4.90 Å². The van der Waals surface area contributed by atoms with E-state index in [9.17, 15) is 14.4 Å². The predicted octanol–water partition coefficient (Wildman–Crippen LogP) is 2.05. The molecule has 1 aliphatic carbocycles. The Balaban J connectivity index is 2.14. The van der Waals surface area contributed by atoms with Crippen molar-refractivity contribution in [3.05, 3.63) is 0 Å². The van der Waals surface area contributed by atoms with Gasteiger partial charge in [-0.2, -0.15) is 0 Å². The monoisotopic (exact) mass is 414 g/mol. The first-order valence-electron chi connectivity index (χ1n) is 10.6. The summed E-state index contributed by atoms with van der Waals surface area (Å²) in [5.41, 5.74) is -0.464. The maximum absolute atomic E-state index is 12.1. The number of carbonyl (C=O) groups excluding carboxylic acids is 3. The normalized spacial score (nSPS) is 19.5. The second kappa shape index (κ2) is 12.8. The van der Waals surface area contributed by atoms with E-state index in [0.717, 1.165) is 25.7 Å². The first-order chi connectivity index (χ1) is 13.6. The van der Waals surface area contributed by atoms with E-state index in [1.807, 2.05) is 20.8 Å². The van der Waals surface area contributed by atoms with Gasteiger partial charge in [0.2, 0.25) is 5.91 Å². The standard InChI is InChI=1S/C21H38N2O6/c1-6-27-19(25)11-13-23(5)18(24)12-14-28-17-9-7-16(8-10-17)22-15-20(26)29-21(2,3)4/h16-17,22H,6-15H2,1-5H3. The van der Waals surface area contributed by atoms with Crippen molar-refractivity contribution in [1.29, 1.82) is 0 Å². The quantitative estimate of drug-likeness (QED) is 0.517. The number of carbonyl (C=O) groups is 3. The molecule has 1 saturated carbocycles. The van der Waals surface area contributed by atoms with E-state index in [0.29, 0.717) is 26.2 Å². The molecule has 0 aromatic carbocycles. The molecule has 0 bridgehead atoms. The minimum absolute atomic E-state index is 0.0398. The Bertz CT molecular complexity index is 524. The first kappa shape index (κ1) is 25.4. The van der Waals surface area contributed by atoms with Crippen LogP contribution in [0.15, 0.2) is 0 Å². The zero-order chi connectivity index (χ0) is 21.9. The lowest BCUT2D eigenvalue weighted by molar-refractivity contribution is -0.154. The number of nitrogens with one attached hydrogen (secondary N) is 1. The van der Waals surface area contributed by atoms with Gasteiger partial charge in [-0.3, -0.25) is 14.4 Å². The molecule has 0 saturated heterocycles. The number of ether oxygens (including phenoxy) is 3. The van der Waals surface area contributed by atoms with E-state index in [2.05, 4.69) is 5.32 Å². The average Bonchev–Trinajstić information content (AvgIpc) is 2.64. The van der Waals surface area contributed by atoms with Crippen molar-refractivity contribution < 1.29 is 28.6 Å². The third-order valence-corrected chi connectivity index (χ3v) is 4.68. The first-order valence-corrected chi connectivity index (χ1v) is 10.6. The molecule has 0 spiro atoms. The van der Waals surface area contributed by atoms with Gasteiger partial charge in [-0.15, -0.1) is 0 Å². The van der Waals surface area contributed by atoms with Gasteiger partial charge in [-0.05, 0) is 53.4 Å². The topological polar surface area (TPSA) is 94.2 Å². The molecular formula is C21H38N2O6. The van der Waals surface area contributed by atoms with Crippen LogP contribution < -0.4 is 5.32 Å². The molecule has 0 aliphatic heterocycles. The van der Waals surface area contributed by atoms with Crippen LogP contribution in [-0.4, -0.2) is 73.8 Å². The highest BCUT2D eigenvalue weighted by Gasteiger charge is 2.23. The fraction of sp³-hybridized carbons (Fsp3) is 0.857. The summed E-state index contributed by atoms with van der Waals surface area (Å²) in [6.45, 7) is 8.64. The molecular weight excluding hydrogens is 376 g/mol. The Hall–Kier alpha value is -1.67. The van der Waals surface area contributed by atoms with Crippen LogP contribution in [0.25, 0.3) is 0 Å². The van der Waals surface area contributed by atoms with Crippen LogP contribution in [0.5, 0.6) is 0 Å². The highest BCUT2D eigenvalue weighted by atomic mass is 16.6. The van der Waals surface area contributed by atoms with Crippen LogP contribution in [0.3, 0.4) is 0 Å². The Morgan fingerprint density at radius 2 is 1.69 bits per heavy atom. The van der Waals surface area contributed by atoms with Crippen LogP contribution in [0.1, 0.15) is 66.2 Å². The van der Waals surface area contributed by atoms with Gasteiger partial charge in [-0.25, -0.2) is 0 Å². The molecule has 1 fully saturated rings. The lowest BCUT2D eigenvalue weighted by Gasteiger charge is -2.29. The molecule has 168 valence electrons. The second-order valence-corrected chi connectivity index (χ2v) is 8.43. The number of hydrogen-bond acceptors (Lipinski definition) is 7. The molecule has 29 heavy (non-hydrogen) atoms. The van der Waals surface area contributed by atoms with E-state index >= 15 is 0 Å². The van der Waals surface area contributed by atoms with Crippen LogP contribution in [-0.2, 0) is 28.6 Å². The molecule has 1 rings (SSSR count). The number of nitrogens with zero attached hydrogens (tertiary/aromatic N) is 1. The van der Waals surface area contributed by atoms with E-state index in [-0.39, 0.29) is 43.0 Å². The van der Waals surface area contributed by atoms with Crippen LogP contribution in [0.4, 0.5) is 0 Å². The van der Waals surface area contributed by atoms with Gasteiger partial charge < -0.3 is 24.4 Å². The van der Waals surface area contributed by atoms with Crippen LogP contribution in [0.2, 0.25) is 0 Å². The van der Waals surface area contributed by atoms with Crippen molar-refractivity contribution in [2.75, 3.05) is 33.4 Å². The molecule has 0 aromatic heterocycles. The minimum Gasteiger partial charge on any atom is -0.466 e. The fourth-order valence-corrected chi connectivity index (χ4v) is 3.16. The summed E-state index contributed by atoms with van der Waals surface area (Å²) < 4.78 is 16.0. The largest absolute Gasteiger partial charge is 0.466 e. The summed E-state index contributed by atoms with van der Waals surface area (Å²) in [5.74, 6) is -0.566. The lowest BCUT2D eigenvalue weighted by atomic mass is 9.93. The van der Waals surface area contributed by atoms with Crippen LogP contribution >= 0.6 is 0 Å². The van der Waals surface area contributed by atoms with Crippen molar-refractivity contribution in [2.24, 2.45) is 0 Å². The Morgan fingerprint density at radius 1 is 1.03 bits per heavy atom. The summed E-state index contributed by atoms with van der Waals surface area (Å²) >= 11 is 0. The van der Waals surface area contributed by atoms with Crippen molar-refractivity contribution in [2.45, 2.75) is 84.0 Å². The summed E-state index contributed by atoms with van der Waals surface area (Å²) in [6, 6.07) is 0.290. The van der Waals surface area contributed by atoms with Gasteiger partial charge in [-0.1, -0.05) is 0 Å². The summed E-state index contributed by atoms with van der Waals surface area (Å²) in [4.78, 5) is 36.8. The molecule has 0 heterocycles. The smallest absolute Gasteiger partial charge is 0.320 e. The minimum atomic E-state index is -0.464. The van der Waals surface area contributed by atoms with Crippen molar-refractivity contribution in [3.8, 4) is 0 Å². The van der Waals surface area contributed by atoms with Gasteiger partial charge in [0.1, 0.15) is 5.60 Å². The Morgan fingerprint density at radius 3 is 2.28 bits per heavy atom. The molecule has 0 radical (unpaired) electrons. The average molecular weight is 415 g/mol. The molecule has 8 heteroatoms. The van der Waals surface area contributed by atoms with Crippen molar-refractivity contribution >= 4 is 17.8 Å². The van der Waals surface area contributed by atoms with Crippen molar-refractivity contribution in [1.82, 2.24) is 10.2 Å². The number of hydrogen-bond donors (Lipinski definition) is 1. The van der Waals surface area contributed by atoms with E-state index < -0.39 is 5.60 Å². The summed E-state index contributed by atoms with van der Waals surface area (Å²) in [7, 11) is 1.68. The fourth-order valence-electron chi connectivity index (χ4n) is 3.16. The second-order valence-electron chi connectivity index (χ2n) is 8.43. The maximum atomic E-state index is 12.1. The van der Waals surface area contributed by atoms with Gasteiger partial charge in [0.15, 0.2) is 0 Å². The summed E-state index contributed by atoms with van der Waals surface area (Å²) in [6.07, 6.45) is 4.32. The molecule has 1 aliphatic rings. The lowest BCUT2D eigenvalue weighted by Crippen LogP contribution is -2.40.